The molecule has 6 nitrogen and oxygen atoms in total. The van der Waals surface area contributed by atoms with Crippen molar-refractivity contribution in [2.75, 3.05) is 0 Å². The Morgan fingerprint density at radius 3 is 0.938 bits per heavy atom. The van der Waals surface area contributed by atoms with Crippen molar-refractivity contribution in [3.05, 3.63) is 71.8 Å². The van der Waals surface area contributed by atoms with E-state index in [2.05, 4.69) is 27.7 Å². The summed E-state index contributed by atoms with van der Waals surface area (Å²) in [4.78, 5) is 20.4. The number of aliphatic hydroxyl groups excluding tert-OH is 2. The number of hydrogen-bond acceptors (Lipinski definition) is 4. The average molecular weight is 447 g/mol. The Hall–Kier alpha value is -2.70. The van der Waals surface area contributed by atoms with Crippen molar-refractivity contribution in [3.8, 4) is 0 Å². The van der Waals surface area contributed by atoms with E-state index in [0.29, 0.717) is 23.0 Å². The number of carbonyl (C=O) groups is 2. The van der Waals surface area contributed by atoms with Gasteiger partial charge in [-0.2, -0.15) is 0 Å². The molecule has 0 bridgehead atoms. The molecule has 0 amide bonds. The molecule has 2 aromatic rings. The van der Waals surface area contributed by atoms with Crippen LogP contribution in [0.1, 0.15) is 62.3 Å². The smallest absolute Gasteiger partial charge is 0.335 e. The highest BCUT2D eigenvalue weighted by Gasteiger charge is 2.33. The van der Waals surface area contributed by atoms with Crippen molar-refractivity contribution < 1.29 is 30.0 Å². The summed E-state index contributed by atoms with van der Waals surface area (Å²) in [6.45, 7) is 12.1. The molecule has 4 N–H and O–H groups in total. The number of rotatable bonds is 7. The first-order valence-corrected chi connectivity index (χ1v) is 10.8. The second-order valence-electron chi connectivity index (χ2n) is 8.47. The fraction of sp³-hybridized carbons (Fsp3) is 0.462. The molecule has 4 atom stereocenters. The van der Waals surface area contributed by atoms with E-state index in [1.54, 1.807) is 60.7 Å². The topological polar surface area (TPSA) is 115 Å². The van der Waals surface area contributed by atoms with Crippen LogP contribution in [-0.2, 0) is 0 Å². The van der Waals surface area contributed by atoms with Crippen LogP contribution in [0.25, 0.3) is 0 Å². The molecule has 32 heavy (non-hydrogen) atoms. The van der Waals surface area contributed by atoms with Gasteiger partial charge in [-0.3, -0.25) is 0 Å². The van der Waals surface area contributed by atoms with Gasteiger partial charge in [0, 0.05) is 0 Å². The predicted octanol–water partition coefficient (Wildman–Crippen LogP) is 5.06. The normalized spacial score (nSPS) is 14.2. The van der Waals surface area contributed by atoms with Crippen LogP contribution in [0.2, 0.25) is 0 Å². The first-order valence-electron chi connectivity index (χ1n) is 10.8. The fourth-order valence-electron chi connectivity index (χ4n) is 3.81. The number of carboxylic acid groups (broad SMARTS) is 2. The molecule has 0 aromatic heterocycles. The average Bonchev–Trinajstić information content (AvgIpc) is 2.73. The molecule has 0 spiro atoms. The molecule has 0 fully saturated rings. The lowest BCUT2D eigenvalue weighted by molar-refractivity contribution is -0.0203. The molecular weight excluding hydrogens is 408 g/mol. The molecule has 2 aromatic carbocycles. The first kappa shape index (κ1) is 29.3. The van der Waals surface area contributed by atoms with Crippen LogP contribution >= 0.6 is 0 Å². The number of aromatic carboxylic acids is 2. The summed E-state index contributed by atoms with van der Waals surface area (Å²) in [5.74, 6) is -0.606. The zero-order chi connectivity index (χ0) is 24.8. The highest BCUT2D eigenvalue weighted by molar-refractivity contribution is 5.87. The number of carboxylic acids is 2. The SMILES string of the molecule is CC(C)C(C(C)O)C(C(C)C)C(C)O.O=C(O)c1ccccc1.O=C(O)c1ccccc1. The molecule has 6 heteroatoms. The quantitative estimate of drug-likeness (QED) is 0.472. The van der Waals surface area contributed by atoms with Crippen molar-refractivity contribution in [2.45, 2.75) is 53.8 Å². The minimum atomic E-state index is -0.879. The summed E-state index contributed by atoms with van der Waals surface area (Å²) < 4.78 is 0. The second-order valence-corrected chi connectivity index (χ2v) is 8.47. The van der Waals surface area contributed by atoms with Crippen molar-refractivity contribution in [1.29, 1.82) is 0 Å². The van der Waals surface area contributed by atoms with Gasteiger partial charge in [0.15, 0.2) is 0 Å². The third kappa shape index (κ3) is 11.1. The highest BCUT2D eigenvalue weighted by Crippen LogP contribution is 2.32. The van der Waals surface area contributed by atoms with Crippen molar-refractivity contribution >= 4 is 11.9 Å². The van der Waals surface area contributed by atoms with Crippen molar-refractivity contribution in [1.82, 2.24) is 0 Å². The number of benzene rings is 2. The maximum Gasteiger partial charge on any atom is 0.335 e. The Balaban J connectivity index is 0.000000466. The van der Waals surface area contributed by atoms with Crippen LogP contribution < -0.4 is 0 Å². The summed E-state index contributed by atoms with van der Waals surface area (Å²) >= 11 is 0. The minimum absolute atomic E-state index is 0.176. The van der Waals surface area contributed by atoms with E-state index in [1.165, 1.54) is 0 Å². The van der Waals surface area contributed by atoms with Crippen LogP contribution in [0.15, 0.2) is 60.7 Å². The minimum Gasteiger partial charge on any atom is -0.478 e. The van der Waals surface area contributed by atoms with Gasteiger partial charge in [0.1, 0.15) is 0 Å². The van der Waals surface area contributed by atoms with Crippen LogP contribution in [0.3, 0.4) is 0 Å². The molecule has 0 aliphatic rings. The molecule has 0 radical (unpaired) electrons. The predicted molar refractivity (Wildman–Crippen MR) is 127 cm³/mol. The summed E-state index contributed by atoms with van der Waals surface area (Å²) in [5, 5.41) is 36.2. The van der Waals surface area contributed by atoms with E-state index in [1.807, 2.05) is 13.8 Å². The van der Waals surface area contributed by atoms with Crippen molar-refractivity contribution in [2.24, 2.45) is 23.7 Å². The Kier molecular flexibility index (Phi) is 13.9. The Labute approximate surface area is 191 Å². The molecule has 4 unspecified atom stereocenters. The standard InChI is InChI=1S/C12H26O2.2C7H6O2/c1-7(2)11(9(5)13)12(8(3)4)10(6)14;2*8-7(9)6-4-2-1-3-5-6/h7-14H,1-6H3;2*1-5H,(H,8,9). The summed E-state index contributed by atoms with van der Waals surface area (Å²) in [5.41, 5.74) is 0.662. The van der Waals surface area contributed by atoms with Gasteiger partial charge in [-0.15, -0.1) is 0 Å². The summed E-state index contributed by atoms with van der Waals surface area (Å²) in [7, 11) is 0. The maximum absolute atomic E-state index is 10.2. The lowest BCUT2D eigenvalue weighted by atomic mass is 9.72. The van der Waals surface area contributed by atoms with Crippen LogP contribution in [0, 0.1) is 23.7 Å². The second kappa shape index (κ2) is 15.2. The molecule has 0 aliphatic heterocycles. The van der Waals surface area contributed by atoms with Crippen LogP contribution in [0.5, 0.6) is 0 Å². The molecule has 178 valence electrons. The molecule has 2 rings (SSSR count). The van der Waals surface area contributed by atoms with E-state index < -0.39 is 11.9 Å². The summed E-state index contributed by atoms with van der Waals surface area (Å²) in [6.07, 6.45) is -0.700. The maximum atomic E-state index is 10.2. The number of aliphatic hydroxyl groups is 2. The Morgan fingerprint density at radius 2 is 0.812 bits per heavy atom. The largest absolute Gasteiger partial charge is 0.478 e. The molecular formula is C26H38O6. The zero-order valence-electron chi connectivity index (χ0n) is 19.8. The van der Waals surface area contributed by atoms with Gasteiger partial charge in [0.2, 0.25) is 0 Å². The molecule has 0 saturated heterocycles. The zero-order valence-corrected chi connectivity index (χ0v) is 19.8. The van der Waals surface area contributed by atoms with Gasteiger partial charge < -0.3 is 20.4 Å². The monoisotopic (exact) mass is 446 g/mol. The van der Waals surface area contributed by atoms with E-state index in [4.69, 9.17) is 10.2 Å². The molecule has 0 saturated carbocycles. The van der Waals surface area contributed by atoms with Gasteiger partial charge in [-0.25, -0.2) is 9.59 Å². The van der Waals surface area contributed by atoms with Gasteiger partial charge in [-0.1, -0.05) is 64.1 Å². The lowest BCUT2D eigenvalue weighted by Crippen LogP contribution is -2.39. The third-order valence-corrected chi connectivity index (χ3v) is 5.14. The number of hydrogen-bond donors (Lipinski definition) is 4. The molecule has 0 aliphatic carbocycles. The van der Waals surface area contributed by atoms with Gasteiger partial charge in [-0.05, 0) is 61.8 Å². The van der Waals surface area contributed by atoms with Crippen molar-refractivity contribution in [3.63, 3.8) is 0 Å². The van der Waals surface area contributed by atoms with Crippen LogP contribution in [0.4, 0.5) is 0 Å². The first-order chi connectivity index (χ1) is 14.9. The van der Waals surface area contributed by atoms with E-state index in [9.17, 15) is 19.8 Å². The van der Waals surface area contributed by atoms with Crippen LogP contribution in [-0.4, -0.2) is 44.6 Å². The highest BCUT2D eigenvalue weighted by atomic mass is 16.4. The van der Waals surface area contributed by atoms with Gasteiger partial charge in [0.25, 0.3) is 0 Å². The Morgan fingerprint density at radius 1 is 0.562 bits per heavy atom. The molecule has 0 heterocycles. The Bertz CT molecular complexity index is 686. The van der Waals surface area contributed by atoms with E-state index in [0.717, 1.165) is 0 Å². The van der Waals surface area contributed by atoms with E-state index in [-0.39, 0.29) is 24.0 Å². The van der Waals surface area contributed by atoms with Gasteiger partial charge in [0.05, 0.1) is 23.3 Å². The van der Waals surface area contributed by atoms with E-state index >= 15 is 0 Å². The summed E-state index contributed by atoms with van der Waals surface area (Å²) in [6, 6.07) is 16.6. The third-order valence-electron chi connectivity index (χ3n) is 5.14. The van der Waals surface area contributed by atoms with Gasteiger partial charge >= 0.3 is 11.9 Å². The lowest BCUT2D eigenvalue weighted by Gasteiger charge is -2.37. The fourth-order valence-corrected chi connectivity index (χ4v) is 3.81.